The predicted molar refractivity (Wildman–Crippen MR) is 256 cm³/mol. The van der Waals surface area contributed by atoms with E-state index in [9.17, 15) is 0 Å². The number of hydrogen-bond donors (Lipinski definition) is 0. The van der Waals surface area contributed by atoms with E-state index in [2.05, 4.69) is 243 Å². The van der Waals surface area contributed by atoms with Crippen molar-refractivity contribution < 1.29 is 0 Å². The second-order valence-electron chi connectivity index (χ2n) is 15.5. The Balaban J connectivity index is 1.21. The third-order valence-corrected chi connectivity index (χ3v) is 17.2. The van der Waals surface area contributed by atoms with Gasteiger partial charge in [0.15, 0.2) is 8.07 Å². The topological polar surface area (TPSA) is 0 Å². The average molecular weight is 765 g/mol. The van der Waals surface area contributed by atoms with Gasteiger partial charge in [-0.05, 0) is 103 Å². The molecule has 11 rings (SSSR count). The minimum atomic E-state index is -2.80. The Bertz CT molecular complexity index is 3160. The van der Waals surface area contributed by atoms with Crippen LogP contribution in [0.25, 0.3) is 76.5 Å². The van der Waals surface area contributed by atoms with Crippen molar-refractivity contribution in [2.45, 2.75) is 0 Å². The standard InChI is InChI=1S/C58H40Si/c1-4-22-44(23-5-1)59(45-24-6-2-7-25-45,46-26-8-3-9-27-46)56-39-38-55(48-29-13-14-30-49(48)56)58-53-34-18-16-32-51(53)57(52-33-17-19-35-54(52)58)50-31-15-12-28-47(50)43-37-36-41-20-10-11-21-42(41)40-43/h1-40H. The summed E-state index contributed by atoms with van der Waals surface area (Å²) in [6, 6.07) is 90.4. The molecule has 1 heteroatoms. The van der Waals surface area contributed by atoms with E-state index in [1.165, 1.54) is 97.2 Å². The van der Waals surface area contributed by atoms with Crippen LogP contribution < -0.4 is 20.7 Å². The van der Waals surface area contributed by atoms with Gasteiger partial charge in [-0.1, -0.05) is 237 Å². The van der Waals surface area contributed by atoms with Crippen LogP contribution in [0.15, 0.2) is 243 Å². The van der Waals surface area contributed by atoms with Crippen LogP contribution in [0.4, 0.5) is 0 Å². The van der Waals surface area contributed by atoms with Gasteiger partial charge in [-0.2, -0.15) is 0 Å². The molecule has 276 valence electrons. The highest BCUT2D eigenvalue weighted by molar-refractivity contribution is 7.20. The van der Waals surface area contributed by atoms with Crippen molar-refractivity contribution in [1.82, 2.24) is 0 Å². The lowest BCUT2D eigenvalue weighted by Crippen LogP contribution is -2.74. The molecule has 0 amide bonds. The van der Waals surface area contributed by atoms with Crippen LogP contribution in [0.5, 0.6) is 0 Å². The fourth-order valence-electron chi connectivity index (χ4n) is 9.89. The monoisotopic (exact) mass is 764 g/mol. The smallest absolute Gasteiger partial charge is 0.0623 e. The van der Waals surface area contributed by atoms with Crippen LogP contribution in [0.3, 0.4) is 0 Å². The highest BCUT2D eigenvalue weighted by Crippen LogP contribution is 2.47. The lowest BCUT2D eigenvalue weighted by Gasteiger charge is -2.35. The van der Waals surface area contributed by atoms with E-state index in [-0.39, 0.29) is 0 Å². The van der Waals surface area contributed by atoms with E-state index >= 15 is 0 Å². The van der Waals surface area contributed by atoms with Crippen molar-refractivity contribution in [3.63, 3.8) is 0 Å². The predicted octanol–water partition coefficient (Wildman–Crippen LogP) is 12.7. The van der Waals surface area contributed by atoms with Gasteiger partial charge in [0.1, 0.15) is 0 Å². The summed E-state index contributed by atoms with van der Waals surface area (Å²) in [6.07, 6.45) is 0. The average Bonchev–Trinajstić information content (AvgIpc) is 3.32. The van der Waals surface area contributed by atoms with Gasteiger partial charge in [0.05, 0.1) is 0 Å². The molecule has 11 aromatic carbocycles. The van der Waals surface area contributed by atoms with Crippen molar-refractivity contribution >= 4 is 71.9 Å². The lowest BCUT2D eigenvalue weighted by atomic mass is 9.83. The molecular weight excluding hydrogens is 725 g/mol. The Kier molecular flexibility index (Phi) is 8.61. The largest absolute Gasteiger partial charge is 0.180 e. The summed E-state index contributed by atoms with van der Waals surface area (Å²) in [5, 5.41) is 15.6. The van der Waals surface area contributed by atoms with Crippen molar-refractivity contribution in [3.05, 3.63) is 243 Å². The first-order valence-electron chi connectivity index (χ1n) is 20.5. The Labute approximate surface area is 346 Å². The van der Waals surface area contributed by atoms with Crippen molar-refractivity contribution in [2.24, 2.45) is 0 Å². The van der Waals surface area contributed by atoms with Crippen LogP contribution in [-0.4, -0.2) is 8.07 Å². The molecule has 0 nitrogen and oxygen atoms in total. The molecule has 0 fully saturated rings. The molecule has 0 aliphatic rings. The van der Waals surface area contributed by atoms with Gasteiger partial charge < -0.3 is 0 Å². The molecule has 59 heavy (non-hydrogen) atoms. The highest BCUT2D eigenvalue weighted by atomic mass is 28.3. The summed E-state index contributed by atoms with van der Waals surface area (Å²) in [4.78, 5) is 0. The molecule has 0 heterocycles. The normalized spacial score (nSPS) is 11.7. The van der Waals surface area contributed by atoms with E-state index in [0.29, 0.717) is 0 Å². The summed E-state index contributed by atoms with van der Waals surface area (Å²) in [5.74, 6) is 0. The molecule has 0 unspecified atom stereocenters. The Morgan fingerprint density at radius 2 is 0.644 bits per heavy atom. The summed E-state index contributed by atoms with van der Waals surface area (Å²) < 4.78 is 0. The molecule has 0 saturated carbocycles. The molecule has 0 radical (unpaired) electrons. The fraction of sp³-hybridized carbons (Fsp3) is 0. The summed E-state index contributed by atoms with van der Waals surface area (Å²) in [7, 11) is -2.80. The third-order valence-electron chi connectivity index (χ3n) is 12.4. The zero-order chi connectivity index (χ0) is 39.2. The van der Waals surface area contributed by atoms with Gasteiger partial charge in [0, 0.05) is 0 Å². The van der Waals surface area contributed by atoms with E-state index in [1.54, 1.807) is 0 Å². The van der Waals surface area contributed by atoms with Gasteiger partial charge in [0.2, 0.25) is 0 Å². The van der Waals surface area contributed by atoms with E-state index in [1.807, 2.05) is 0 Å². The maximum absolute atomic E-state index is 2.80. The maximum Gasteiger partial charge on any atom is 0.180 e. The van der Waals surface area contributed by atoms with Gasteiger partial charge in [-0.15, -0.1) is 0 Å². The second-order valence-corrected chi connectivity index (χ2v) is 19.3. The molecule has 0 N–H and O–H groups in total. The molecular formula is C58H40Si. The number of hydrogen-bond acceptors (Lipinski definition) is 0. The van der Waals surface area contributed by atoms with Crippen molar-refractivity contribution in [2.75, 3.05) is 0 Å². The molecule has 0 aliphatic carbocycles. The van der Waals surface area contributed by atoms with Crippen molar-refractivity contribution in [1.29, 1.82) is 0 Å². The minimum Gasteiger partial charge on any atom is -0.0623 e. The van der Waals surface area contributed by atoms with E-state index in [4.69, 9.17) is 0 Å². The molecule has 0 aromatic heterocycles. The zero-order valence-electron chi connectivity index (χ0n) is 32.6. The summed E-state index contributed by atoms with van der Waals surface area (Å²) in [6.45, 7) is 0. The molecule has 0 saturated heterocycles. The van der Waals surface area contributed by atoms with Crippen LogP contribution >= 0.6 is 0 Å². The first-order valence-corrected chi connectivity index (χ1v) is 22.5. The molecule has 0 bridgehead atoms. The van der Waals surface area contributed by atoms with Gasteiger partial charge in [-0.25, -0.2) is 0 Å². The Hall–Kier alpha value is -7.32. The van der Waals surface area contributed by atoms with Crippen LogP contribution in [0, 0.1) is 0 Å². The van der Waals surface area contributed by atoms with Crippen LogP contribution in [0.1, 0.15) is 0 Å². The Morgan fingerprint density at radius 3 is 1.19 bits per heavy atom. The molecule has 11 aromatic rings. The summed E-state index contributed by atoms with van der Waals surface area (Å²) in [5.41, 5.74) is 7.50. The maximum atomic E-state index is 2.48. The number of fused-ring (bicyclic) bond motifs is 4. The quantitative estimate of drug-likeness (QED) is 0.0861. The first kappa shape index (κ1) is 34.9. The lowest BCUT2D eigenvalue weighted by molar-refractivity contribution is 1.62. The SMILES string of the molecule is c1ccc([Si](c2ccccc2)(c2ccccc2)c2ccc(-c3c4ccccc4c(-c4ccccc4-c4ccc5ccccc5c4)c4ccccc34)c3ccccc23)cc1. The second kappa shape index (κ2) is 14.6. The van der Waals surface area contributed by atoms with E-state index in [0.717, 1.165) is 0 Å². The van der Waals surface area contributed by atoms with E-state index < -0.39 is 8.07 Å². The van der Waals surface area contributed by atoms with Gasteiger partial charge in [0.25, 0.3) is 0 Å². The van der Waals surface area contributed by atoms with Crippen LogP contribution in [-0.2, 0) is 0 Å². The number of rotatable bonds is 7. The minimum absolute atomic E-state index is 1.22. The first-order chi connectivity index (χ1) is 29.3. The molecule has 0 aliphatic heterocycles. The summed E-state index contributed by atoms with van der Waals surface area (Å²) >= 11 is 0. The van der Waals surface area contributed by atoms with Gasteiger partial charge in [-0.3, -0.25) is 0 Å². The third kappa shape index (κ3) is 5.66. The Morgan fingerprint density at radius 1 is 0.237 bits per heavy atom. The highest BCUT2D eigenvalue weighted by Gasteiger charge is 2.42. The van der Waals surface area contributed by atoms with Crippen LogP contribution in [0.2, 0.25) is 0 Å². The van der Waals surface area contributed by atoms with Crippen molar-refractivity contribution in [3.8, 4) is 33.4 Å². The number of benzene rings is 11. The molecule has 0 spiro atoms. The van der Waals surface area contributed by atoms with Gasteiger partial charge >= 0.3 is 0 Å². The zero-order valence-corrected chi connectivity index (χ0v) is 33.6. The fourth-order valence-corrected chi connectivity index (χ4v) is 14.9. The molecule has 0 atom stereocenters.